The van der Waals surface area contributed by atoms with E-state index in [1.54, 1.807) is 50.3 Å². The number of fused-ring (bicyclic) bond motifs is 1. The Labute approximate surface area is 199 Å². The maximum absolute atomic E-state index is 13.6. The monoisotopic (exact) mass is 482 g/mol. The second kappa shape index (κ2) is 9.64. The molecule has 1 atom stereocenters. The molecule has 0 spiro atoms. The van der Waals surface area contributed by atoms with Crippen LogP contribution >= 0.6 is 11.3 Å². The van der Waals surface area contributed by atoms with Gasteiger partial charge in [0.05, 0.1) is 36.6 Å². The SMILES string of the molecule is CCOC(=O)C1=C(C)N=c2s/c(=C\c3ccc(F)cc3)c(=O)n2[C@@H]1c1cc(OC)ccc1OC. The van der Waals surface area contributed by atoms with Gasteiger partial charge in [0.25, 0.3) is 5.56 Å². The fourth-order valence-electron chi connectivity index (χ4n) is 3.85. The molecule has 0 unspecified atom stereocenters. The minimum atomic E-state index is -0.837. The highest BCUT2D eigenvalue weighted by molar-refractivity contribution is 7.07. The third-order valence-electron chi connectivity index (χ3n) is 5.42. The Morgan fingerprint density at radius 1 is 1.18 bits per heavy atom. The number of rotatable bonds is 6. The van der Waals surface area contributed by atoms with Crippen molar-refractivity contribution < 1.29 is 23.4 Å². The van der Waals surface area contributed by atoms with Gasteiger partial charge in [-0.25, -0.2) is 14.2 Å². The van der Waals surface area contributed by atoms with Gasteiger partial charge in [-0.2, -0.15) is 0 Å². The Morgan fingerprint density at radius 2 is 1.91 bits per heavy atom. The third-order valence-corrected chi connectivity index (χ3v) is 6.40. The Kier molecular flexibility index (Phi) is 6.65. The van der Waals surface area contributed by atoms with Gasteiger partial charge in [-0.3, -0.25) is 9.36 Å². The lowest BCUT2D eigenvalue weighted by atomic mass is 9.94. The lowest BCUT2D eigenvalue weighted by molar-refractivity contribution is -0.139. The number of aromatic nitrogens is 1. The van der Waals surface area contributed by atoms with Crippen LogP contribution in [0.4, 0.5) is 4.39 Å². The highest BCUT2D eigenvalue weighted by Gasteiger charge is 2.35. The van der Waals surface area contributed by atoms with Crippen LogP contribution < -0.4 is 24.4 Å². The maximum Gasteiger partial charge on any atom is 0.338 e. The zero-order valence-electron chi connectivity index (χ0n) is 19.1. The summed E-state index contributed by atoms with van der Waals surface area (Å²) in [6.07, 6.45) is 1.67. The van der Waals surface area contributed by atoms with E-state index in [0.717, 1.165) is 0 Å². The van der Waals surface area contributed by atoms with E-state index in [1.807, 2.05) is 0 Å². The van der Waals surface area contributed by atoms with Crippen molar-refractivity contribution in [1.82, 2.24) is 4.57 Å². The number of nitrogens with zero attached hydrogens (tertiary/aromatic N) is 2. The van der Waals surface area contributed by atoms with Crippen LogP contribution in [0, 0.1) is 5.82 Å². The van der Waals surface area contributed by atoms with Crippen molar-refractivity contribution in [3.63, 3.8) is 0 Å². The van der Waals surface area contributed by atoms with Crippen LogP contribution in [-0.2, 0) is 9.53 Å². The maximum atomic E-state index is 13.6. The molecule has 3 aromatic rings. The molecular weight excluding hydrogens is 459 g/mol. The molecule has 0 N–H and O–H groups in total. The summed E-state index contributed by atoms with van der Waals surface area (Å²) in [5.74, 6) is 0.0994. The molecule has 4 rings (SSSR count). The van der Waals surface area contributed by atoms with Gasteiger partial charge in [-0.1, -0.05) is 23.5 Å². The number of benzene rings is 2. The van der Waals surface area contributed by atoms with Gasteiger partial charge in [0.1, 0.15) is 23.4 Å². The number of esters is 1. The minimum Gasteiger partial charge on any atom is -0.497 e. The smallest absolute Gasteiger partial charge is 0.338 e. The zero-order chi connectivity index (χ0) is 24.4. The van der Waals surface area contributed by atoms with Crippen molar-refractivity contribution in [2.24, 2.45) is 4.99 Å². The molecule has 0 amide bonds. The first-order chi connectivity index (χ1) is 16.4. The number of hydrogen-bond acceptors (Lipinski definition) is 7. The van der Waals surface area contributed by atoms with E-state index >= 15 is 0 Å². The number of carbonyl (C=O) groups excluding carboxylic acids is 1. The largest absolute Gasteiger partial charge is 0.497 e. The molecular formula is C25H23FN2O5S. The number of methoxy groups -OCH3 is 2. The lowest BCUT2D eigenvalue weighted by Crippen LogP contribution is -2.40. The van der Waals surface area contributed by atoms with Crippen LogP contribution in [0.15, 0.2) is 63.5 Å². The second-order valence-corrected chi connectivity index (χ2v) is 8.47. The zero-order valence-corrected chi connectivity index (χ0v) is 19.9. The van der Waals surface area contributed by atoms with Crippen LogP contribution in [0.3, 0.4) is 0 Å². The number of thiazole rings is 1. The van der Waals surface area contributed by atoms with E-state index in [-0.39, 0.29) is 23.6 Å². The van der Waals surface area contributed by atoms with Crippen molar-refractivity contribution in [1.29, 1.82) is 0 Å². The van der Waals surface area contributed by atoms with Crippen LogP contribution in [0.25, 0.3) is 6.08 Å². The number of hydrogen-bond donors (Lipinski definition) is 0. The van der Waals surface area contributed by atoms with Crippen molar-refractivity contribution in [3.8, 4) is 11.5 Å². The van der Waals surface area contributed by atoms with Crippen LogP contribution in [0.2, 0.25) is 0 Å². The molecule has 2 heterocycles. The van der Waals surface area contributed by atoms with E-state index < -0.39 is 12.0 Å². The van der Waals surface area contributed by atoms with Crippen LogP contribution in [0.5, 0.6) is 11.5 Å². The molecule has 1 aromatic heterocycles. The summed E-state index contributed by atoms with van der Waals surface area (Å²) >= 11 is 1.19. The lowest BCUT2D eigenvalue weighted by Gasteiger charge is -2.26. The van der Waals surface area contributed by atoms with Crippen molar-refractivity contribution in [3.05, 3.63) is 90.4 Å². The summed E-state index contributed by atoms with van der Waals surface area (Å²) in [5, 5.41) is 0. The first-order valence-corrected chi connectivity index (χ1v) is 11.4. The molecule has 0 saturated heterocycles. The Morgan fingerprint density at radius 3 is 2.56 bits per heavy atom. The van der Waals surface area contributed by atoms with Crippen LogP contribution in [-0.4, -0.2) is 31.4 Å². The van der Waals surface area contributed by atoms with Gasteiger partial charge < -0.3 is 14.2 Å². The van der Waals surface area contributed by atoms with Gasteiger partial charge >= 0.3 is 5.97 Å². The quantitative estimate of drug-likeness (QED) is 0.505. The minimum absolute atomic E-state index is 0.173. The topological polar surface area (TPSA) is 79.1 Å². The van der Waals surface area contributed by atoms with E-state index in [1.165, 1.54) is 42.3 Å². The van der Waals surface area contributed by atoms with Gasteiger partial charge in [0.2, 0.25) is 0 Å². The number of allylic oxidation sites excluding steroid dienone is 1. The molecule has 0 fully saturated rings. The van der Waals surface area contributed by atoms with Crippen molar-refractivity contribution in [2.45, 2.75) is 19.9 Å². The van der Waals surface area contributed by atoms with E-state index in [2.05, 4.69) is 4.99 Å². The average molecular weight is 483 g/mol. The van der Waals surface area contributed by atoms with Gasteiger partial charge in [-0.15, -0.1) is 0 Å². The average Bonchev–Trinajstić information content (AvgIpc) is 3.13. The van der Waals surface area contributed by atoms with E-state index in [9.17, 15) is 14.0 Å². The fourth-order valence-corrected chi connectivity index (χ4v) is 4.90. The standard InChI is InChI=1S/C25H23FN2O5S/c1-5-33-24(30)21-14(2)27-25-28(22(21)18-13-17(31-3)10-11-19(18)32-4)23(29)20(34-25)12-15-6-8-16(26)9-7-15/h6-13,22H,5H2,1-4H3/b20-12-/t22-/m1/s1. The summed E-state index contributed by atoms with van der Waals surface area (Å²) in [5.41, 5.74) is 1.59. The third kappa shape index (κ3) is 4.26. The Bertz CT molecular complexity index is 1450. The highest BCUT2D eigenvalue weighted by Crippen LogP contribution is 2.37. The summed E-state index contributed by atoms with van der Waals surface area (Å²) in [4.78, 5) is 31.6. The van der Waals surface area contributed by atoms with Gasteiger partial charge in [0, 0.05) is 5.56 Å². The van der Waals surface area contributed by atoms with Crippen LogP contribution in [0.1, 0.15) is 31.0 Å². The summed E-state index contributed by atoms with van der Waals surface area (Å²) in [6, 6.07) is 10.2. The second-order valence-electron chi connectivity index (χ2n) is 7.46. The predicted octanol–water partition coefficient (Wildman–Crippen LogP) is 2.95. The Hall–Kier alpha value is -3.72. The Balaban J connectivity index is 2.01. The molecule has 1 aliphatic rings. The van der Waals surface area contributed by atoms with E-state index in [4.69, 9.17) is 14.2 Å². The molecule has 34 heavy (non-hydrogen) atoms. The number of halogens is 1. The normalized spacial score (nSPS) is 15.6. The fraction of sp³-hybridized carbons (Fsp3) is 0.240. The molecule has 1 aliphatic heterocycles. The first-order valence-electron chi connectivity index (χ1n) is 10.5. The predicted molar refractivity (Wildman–Crippen MR) is 126 cm³/mol. The molecule has 0 saturated carbocycles. The molecule has 9 heteroatoms. The number of carbonyl (C=O) groups is 1. The molecule has 2 aromatic carbocycles. The summed E-state index contributed by atoms with van der Waals surface area (Å²) < 4.78 is 31.5. The molecule has 7 nitrogen and oxygen atoms in total. The molecule has 0 aliphatic carbocycles. The first kappa shape index (κ1) is 23.4. The van der Waals surface area contributed by atoms with Gasteiger partial charge in [-0.05, 0) is 55.8 Å². The summed E-state index contributed by atoms with van der Waals surface area (Å²) in [7, 11) is 3.05. The highest BCUT2D eigenvalue weighted by atomic mass is 32.1. The summed E-state index contributed by atoms with van der Waals surface area (Å²) in [6.45, 7) is 3.60. The molecule has 176 valence electrons. The van der Waals surface area contributed by atoms with Gasteiger partial charge in [0.15, 0.2) is 4.80 Å². The number of ether oxygens (including phenoxy) is 3. The van der Waals surface area contributed by atoms with E-state index in [0.29, 0.717) is 37.7 Å². The van der Waals surface area contributed by atoms with Crippen molar-refractivity contribution >= 4 is 23.4 Å². The molecule has 0 bridgehead atoms. The molecule has 0 radical (unpaired) electrons. The van der Waals surface area contributed by atoms with Crippen molar-refractivity contribution in [2.75, 3.05) is 20.8 Å².